The summed E-state index contributed by atoms with van der Waals surface area (Å²) in [6.45, 7) is -0.170. The summed E-state index contributed by atoms with van der Waals surface area (Å²) in [6, 6.07) is 7.92. The van der Waals surface area contributed by atoms with Crippen molar-refractivity contribution in [2.24, 2.45) is 0 Å². The fourth-order valence-corrected chi connectivity index (χ4v) is 1.81. The summed E-state index contributed by atoms with van der Waals surface area (Å²) >= 11 is 0. The van der Waals surface area contributed by atoms with Crippen molar-refractivity contribution in [3.05, 3.63) is 59.4 Å². The van der Waals surface area contributed by atoms with Crippen LogP contribution >= 0.6 is 0 Å². The lowest BCUT2D eigenvalue weighted by atomic mass is 9.80. The molecule has 0 saturated carbocycles. The first-order valence-electron chi connectivity index (χ1n) is 6.22. The van der Waals surface area contributed by atoms with Gasteiger partial charge in [0, 0.05) is 5.46 Å². The lowest BCUT2D eigenvalue weighted by Gasteiger charge is -2.11. The second kappa shape index (κ2) is 6.37. The van der Waals surface area contributed by atoms with Gasteiger partial charge in [0.2, 0.25) is 0 Å². The van der Waals surface area contributed by atoms with Gasteiger partial charge in [-0.2, -0.15) is 13.2 Å². The molecule has 0 unspecified atom stereocenters. The molecule has 0 amide bonds. The van der Waals surface area contributed by atoms with E-state index >= 15 is 0 Å². The molecule has 0 bridgehead atoms. The van der Waals surface area contributed by atoms with E-state index in [1.165, 1.54) is 18.2 Å². The molecule has 0 heterocycles. The van der Waals surface area contributed by atoms with Crippen molar-refractivity contribution in [1.29, 1.82) is 0 Å². The van der Waals surface area contributed by atoms with E-state index in [1.807, 2.05) is 0 Å². The number of benzene rings is 2. The zero-order chi connectivity index (χ0) is 16.3. The molecule has 2 rings (SSSR count). The monoisotopic (exact) mass is 314 g/mol. The predicted octanol–water partition coefficient (Wildman–Crippen LogP) is 2.10. The van der Waals surface area contributed by atoms with Gasteiger partial charge >= 0.3 is 13.3 Å². The van der Waals surface area contributed by atoms with E-state index in [0.717, 1.165) is 24.3 Å². The van der Waals surface area contributed by atoms with E-state index in [0.29, 0.717) is 0 Å². The highest BCUT2D eigenvalue weighted by molar-refractivity contribution is 6.58. The fraction of sp³-hybridized carbons (Fsp3) is 0.143. The van der Waals surface area contributed by atoms with Crippen LogP contribution in [0.2, 0.25) is 0 Å². The van der Waals surface area contributed by atoms with E-state index in [4.69, 9.17) is 14.8 Å². The second-order valence-electron chi connectivity index (χ2n) is 4.54. The van der Waals surface area contributed by atoms with Gasteiger partial charge in [-0.15, -0.1) is 0 Å². The van der Waals surface area contributed by atoms with Crippen molar-refractivity contribution in [2.75, 3.05) is 0 Å². The molecule has 8 heteroatoms. The van der Waals surface area contributed by atoms with Crippen LogP contribution in [-0.4, -0.2) is 17.2 Å². The van der Waals surface area contributed by atoms with Gasteiger partial charge in [-0.05, 0) is 35.9 Å². The quantitative estimate of drug-likeness (QED) is 0.671. The summed E-state index contributed by atoms with van der Waals surface area (Å²) in [7, 11) is -2.00. The summed E-state index contributed by atoms with van der Waals surface area (Å²) < 4.78 is 56.3. The molecule has 3 nitrogen and oxygen atoms in total. The van der Waals surface area contributed by atoms with Gasteiger partial charge in [0.1, 0.15) is 18.2 Å². The van der Waals surface area contributed by atoms with Crippen molar-refractivity contribution < 1.29 is 32.3 Å². The smallest absolute Gasteiger partial charge is 0.489 e. The second-order valence-corrected chi connectivity index (χ2v) is 4.54. The highest BCUT2D eigenvalue weighted by Gasteiger charge is 2.30. The van der Waals surface area contributed by atoms with Gasteiger partial charge in [-0.1, -0.05) is 12.1 Å². The lowest BCUT2D eigenvalue weighted by Crippen LogP contribution is -2.32. The predicted molar refractivity (Wildman–Crippen MR) is 72.0 cm³/mol. The summed E-state index contributed by atoms with van der Waals surface area (Å²) in [5, 5.41) is 18.0. The minimum atomic E-state index is -4.44. The van der Waals surface area contributed by atoms with Gasteiger partial charge in [0.15, 0.2) is 0 Å². The average molecular weight is 314 g/mol. The molecule has 0 aromatic heterocycles. The molecule has 0 fully saturated rings. The molecule has 0 aliphatic rings. The summed E-state index contributed by atoms with van der Waals surface area (Å²) in [4.78, 5) is 0. The molecule has 0 aliphatic carbocycles. The molecule has 0 saturated heterocycles. The Morgan fingerprint density at radius 2 is 1.77 bits per heavy atom. The number of rotatable bonds is 4. The van der Waals surface area contributed by atoms with Crippen LogP contribution in [0, 0.1) is 5.82 Å². The Balaban J connectivity index is 2.12. The molecule has 0 radical (unpaired) electrons. The molecule has 116 valence electrons. The van der Waals surface area contributed by atoms with Crippen molar-refractivity contribution in [3.8, 4) is 5.75 Å². The molecule has 2 aromatic carbocycles. The molecular weight excluding hydrogens is 303 g/mol. The SMILES string of the molecule is OB(O)c1cc(OCc2cccc(C(F)(F)F)c2)ccc1F. The van der Waals surface area contributed by atoms with Crippen LogP contribution in [-0.2, 0) is 12.8 Å². The topological polar surface area (TPSA) is 49.7 Å². The molecule has 0 atom stereocenters. The Bertz CT molecular complexity index is 659. The molecule has 0 spiro atoms. The number of halogens is 4. The largest absolute Gasteiger partial charge is 0.491 e. The van der Waals surface area contributed by atoms with Crippen LogP contribution in [0.4, 0.5) is 17.6 Å². The van der Waals surface area contributed by atoms with Gasteiger partial charge in [0.25, 0.3) is 0 Å². The van der Waals surface area contributed by atoms with Crippen molar-refractivity contribution >= 4 is 12.6 Å². The van der Waals surface area contributed by atoms with Crippen molar-refractivity contribution in [1.82, 2.24) is 0 Å². The Hall–Kier alpha value is -2.06. The summed E-state index contributed by atoms with van der Waals surface area (Å²) in [5.41, 5.74) is -0.883. The first kappa shape index (κ1) is 16.3. The van der Waals surface area contributed by atoms with Crippen LogP contribution in [0.15, 0.2) is 42.5 Å². The van der Waals surface area contributed by atoms with Gasteiger partial charge in [0.05, 0.1) is 5.56 Å². The van der Waals surface area contributed by atoms with Crippen molar-refractivity contribution in [2.45, 2.75) is 12.8 Å². The van der Waals surface area contributed by atoms with E-state index in [9.17, 15) is 17.6 Å². The third-order valence-electron chi connectivity index (χ3n) is 2.91. The maximum absolute atomic E-state index is 13.3. The van der Waals surface area contributed by atoms with Gasteiger partial charge in [-0.3, -0.25) is 0 Å². The standard InChI is InChI=1S/C14H11BF4O3/c16-13-5-4-11(7-12(13)15(20)21)22-8-9-2-1-3-10(6-9)14(17,18)19/h1-7,20-21H,8H2. The van der Waals surface area contributed by atoms with Crippen LogP contribution in [0.3, 0.4) is 0 Å². The van der Waals surface area contributed by atoms with Crippen LogP contribution in [0.5, 0.6) is 5.75 Å². The van der Waals surface area contributed by atoms with E-state index in [-0.39, 0.29) is 23.4 Å². The van der Waals surface area contributed by atoms with E-state index in [1.54, 1.807) is 0 Å². The van der Waals surface area contributed by atoms with E-state index in [2.05, 4.69) is 0 Å². The molecule has 2 aromatic rings. The zero-order valence-corrected chi connectivity index (χ0v) is 11.1. The Morgan fingerprint density at radius 3 is 2.41 bits per heavy atom. The zero-order valence-electron chi connectivity index (χ0n) is 11.1. The Kier molecular flexibility index (Phi) is 4.73. The maximum atomic E-state index is 13.3. The summed E-state index contributed by atoms with van der Waals surface area (Å²) in [5.74, 6) is -0.705. The fourth-order valence-electron chi connectivity index (χ4n) is 1.81. The molecular formula is C14H11BF4O3. The highest BCUT2D eigenvalue weighted by Crippen LogP contribution is 2.29. The third kappa shape index (κ3) is 3.99. The molecule has 22 heavy (non-hydrogen) atoms. The number of hydrogen-bond donors (Lipinski definition) is 2. The normalized spacial score (nSPS) is 11.4. The minimum absolute atomic E-state index is 0.113. The van der Waals surface area contributed by atoms with Crippen molar-refractivity contribution in [3.63, 3.8) is 0 Å². The first-order valence-corrected chi connectivity index (χ1v) is 6.22. The number of alkyl halides is 3. The molecule has 0 aliphatic heterocycles. The number of hydrogen-bond acceptors (Lipinski definition) is 3. The summed E-state index contributed by atoms with van der Waals surface area (Å²) in [6.07, 6.45) is -4.44. The Labute approximate surface area is 123 Å². The van der Waals surface area contributed by atoms with Crippen LogP contribution < -0.4 is 10.2 Å². The average Bonchev–Trinajstić information content (AvgIpc) is 2.45. The first-order chi connectivity index (χ1) is 10.3. The van der Waals surface area contributed by atoms with Crippen LogP contribution in [0.25, 0.3) is 0 Å². The Morgan fingerprint density at radius 1 is 1.05 bits per heavy atom. The molecule has 2 N–H and O–H groups in total. The maximum Gasteiger partial charge on any atom is 0.491 e. The van der Waals surface area contributed by atoms with E-state index < -0.39 is 24.7 Å². The van der Waals surface area contributed by atoms with Gasteiger partial charge < -0.3 is 14.8 Å². The van der Waals surface area contributed by atoms with Gasteiger partial charge in [-0.25, -0.2) is 4.39 Å². The lowest BCUT2D eigenvalue weighted by molar-refractivity contribution is -0.137. The van der Waals surface area contributed by atoms with Crippen LogP contribution in [0.1, 0.15) is 11.1 Å². The highest BCUT2D eigenvalue weighted by atomic mass is 19.4. The third-order valence-corrected chi connectivity index (χ3v) is 2.91. The minimum Gasteiger partial charge on any atom is -0.489 e. The number of ether oxygens (including phenoxy) is 1.